The van der Waals surface area contributed by atoms with Gasteiger partial charge in [-0.1, -0.05) is 25.7 Å². The van der Waals surface area contributed by atoms with E-state index in [0.717, 1.165) is 4.88 Å². The molecule has 0 aliphatic rings. The predicted octanol–water partition coefficient (Wildman–Crippen LogP) is 2.21. The summed E-state index contributed by atoms with van der Waals surface area (Å²) in [5.74, 6) is 5.84. The fourth-order valence-corrected chi connectivity index (χ4v) is 2.32. The van der Waals surface area contributed by atoms with Crippen molar-refractivity contribution in [3.8, 4) is 11.8 Å². The minimum Gasteiger partial charge on any atom is -0.384 e. The maximum Gasteiger partial charge on any atom is 0.263 e. The van der Waals surface area contributed by atoms with Crippen molar-refractivity contribution in [3.05, 3.63) is 21.9 Å². The van der Waals surface area contributed by atoms with Crippen LogP contribution in [0, 0.1) is 17.8 Å². The van der Waals surface area contributed by atoms with Crippen molar-refractivity contribution in [2.75, 3.05) is 13.7 Å². The smallest absolute Gasteiger partial charge is 0.263 e. The van der Waals surface area contributed by atoms with Gasteiger partial charge in [-0.05, 0) is 25.0 Å². The van der Waals surface area contributed by atoms with Gasteiger partial charge in [0.25, 0.3) is 5.91 Å². The van der Waals surface area contributed by atoms with Crippen LogP contribution in [0.4, 0.5) is 0 Å². The number of amides is 1. The molecule has 1 aromatic rings. The fourth-order valence-electron chi connectivity index (χ4n) is 1.45. The maximum absolute atomic E-state index is 12.2. The van der Waals surface area contributed by atoms with Gasteiger partial charge in [-0.15, -0.1) is 11.3 Å². The van der Waals surface area contributed by atoms with Gasteiger partial charge in [-0.25, -0.2) is 0 Å². The van der Waals surface area contributed by atoms with E-state index in [2.05, 4.69) is 25.7 Å². The molecule has 0 aromatic carbocycles. The zero-order valence-corrected chi connectivity index (χ0v) is 12.0. The van der Waals surface area contributed by atoms with Crippen LogP contribution in [0.25, 0.3) is 0 Å². The Balaban J connectivity index is 2.81. The Kier molecular flexibility index (Phi) is 5.39. The molecule has 0 radical (unpaired) electrons. The van der Waals surface area contributed by atoms with E-state index in [4.69, 9.17) is 5.11 Å². The van der Waals surface area contributed by atoms with Crippen molar-refractivity contribution in [1.29, 1.82) is 0 Å². The van der Waals surface area contributed by atoms with Crippen molar-refractivity contribution in [1.82, 2.24) is 4.90 Å². The Labute approximate surface area is 112 Å². The van der Waals surface area contributed by atoms with Crippen molar-refractivity contribution < 1.29 is 9.90 Å². The highest BCUT2D eigenvalue weighted by Gasteiger charge is 2.20. The summed E-state index contributed by atoms with van der Waals surface area (Å²) in [6, 6.07) is 3.80. The highest BCUT2D eigenvalue weighted by Crippen LogP contribution is 2.19. The molecule has 18 heavy (non-hydrogen) atoms. The molecule has 0 fully saturated rings. The Morgan fingerprint density at radius 3 is 2.67 bits per heavy atom. The van der Waals surface area contributed by atoms with E-state index in [9.17, 15) is 4.79 Å². The van der Waals surface area contributed by atoms with Crippen LogP contribution in [0.2, 0.25) is 0 Å². The predicted molar refractivity (Wildman–Crippen MR) is 74.7 cm³/mol. The second kappa shape index (κ2) is 6.58. The highest BCUT2D eigenvalue weighted by molar-refractivity contribution is 7.14. The van der Waals surface area contributed by atoms with Crippen LogP contribution in [0.1, 0.15) is 35.3 Å². The molecule has 1 atom stereocenters. The Morgan fingerprint density at radius 2 is 2.11 bits per heavy atom. The Bertz CT molecular complexity index is 468. The summed E-state index contributed by atoms with van der Waals surface area (Å²) in [7, 11) is 1.83. The third-order valence-electron chi connectivity index (χ3n) is 3.00. The molecule has 1 rings (SSSR count). The molecule has 0 saturated heterocycles. The average Bonchev–Trinajstić information content (AvgIpc) is 2.82. The van der Waals surface area contributed by atoms with Crippen LogP contribution in [0.15, 0.2) is 12.1 Å². The van der Waals surface area contributed by atoms with Gasteiger partial charge in [0.2, 0.25) is 0 Å². The van der Waals surface area contributed by atoms with E-state index in [1.165, 1.54) is 11.3 Å². The van der Waals surface area contributed by atoms with E-state index in [1.807, 2.05) is 20.0 Å². The molecule has 0 spiro atoms. The van der Waals surface area contributed by atoms with Crippen molar-refractivity contribution in [3.63, 3.8) is 0 Å². The lowest BCUT2D eigenvalue weighted by atomic mass is 10.1. The summed E-state index contributed by atoms with van der Waals surface area (Å²) in [4.78, 5) is 15.5. The number of carbonyl (C=O) groups is 1. The quantitative estimate of drug-likeness (QED) is 0.851. The number of carbonyl (C=O) groups excluding carboxylic acids is 1. The number of rotatable bonds is 3. The number of aliphatic hydroxyl groups is 1. The summed E-state index contributed by atoms with van der Waals surface area (Å²) in [6.45, 7) is 6.08. The summed E-state index contributed by atoms with van der Waals surface area (Å²) >= 11 is 1.36. The molecule has 1 amide bonds. The number of nitrogens with zero attached hydrogens (tertiary/aromatic N) is 1. The largest absolute Gasteiger partial charge is 0.384 e. The van der Waals surface area contributed by atoms with Gasteiger partial charge in [0.15, 0.2) is 0 Å². The first-order valence-corrected chi connectivity index (χ1v) is 6.75. The van der Waals surface area contributed by atoms with Gasteiger partial charge < -0.3 is 10.0 Å². The summed E-state index contributed by atoms with van der Waals surface area (Å²) in [6.07, 6.45) is 0. The zero-order chi connectivity index (χ0) is 13.7. The number of thiophene rings is 1. The SMILES string of the molecule is CC(C)C(C)N(C)C(=O)c1ccc(C#CCO)s1. The van der Waals surface area contributed by atoms with E-state index in [0.29, 0.717) is 10.8 Å². The normalized spacial score (nSPS) is 11.9. The fraction of sp³-hybridized carbons (Fsp3) is 0.500. The van der Waals surface area contributed by atoms with Gasteiger partial charge >= 0.3 is 0 Å². The van der Waals surface area contributed by atoms with E-state index in [-0.39, 0.29) is 18.6 Å². The molecular formula is C14H19NO2S. The number of hydrogen-bond acceptors (Lipinski definition) is 3. The molecule has 0 aliphatic carbocycles. The topological polar surface area (TPSA) is 40.5 Å². The van der Waals surface area contributed by atoms with Crippen LogP contribution >= 0.6 is 11.3 Å². The molecule has 0 bridgehead atoms. The van der Waals surface area contributed by atoms with Crippen LogP contribution in [0.5, 0.6) is 0 Å². The maximum atomic E-state index is 12.2. The average molecular weight is 265 g/mol. The molecule has 3 nitrogen and oxygen atoms in total. The van der Waals surface area contributed by atoms with Crippen LogP contribution in [-0.2, 0) is 0 Å². The third kappa shape index (κ3) is 3.59. The molecule has 1 heterocycles. The molecule has 0 saturated carbocycles. The van der Waals surface area contributed by atoms with Crippen molar-refractivity contribution in [2.24, 2.45) is 5.92 Å². The first kappa shape index (κ1) is 14.7. The lowest BCUT2D eigenvalue weighted by Crippen LogP contribution is -2.37. The Hall–Kier alpha value is -1.31. The summed E-state index contributed by atoms with van der Waals surface area (Å²) in [5.41, 5.74) is 0. The third-order valence-corrected chi connectivity index (χ3v) is 3.99. The van der Waals surface area contributed by atoms with Crippen molar-refractivity contribution >= 4 is 17.2 Å². The van der Waals surface area contributed by atoms with Gasteiger partial charge in [0.1, 0.15) is 6.61 Å². The van der Waals surface area contributed by atoms with E-state index < -0.39 is 0 Å². The lowest BCUT2D eigenvalue weighted by molar-refractivity contribution is 0.0712. The monoisotopic (exact) mass is 265 g/mol. The summed E-state index contributed by atoms with van der Waals surface area (Å²) in [5, 5.41) is 8.62. The zero-order valence-electron chi connectivity index (χ0n) is 11.2. The van der Waals surface area contributed by atoms with Crippen LogP contribution in [-0.4, -0.2) is 35.6 Å². The molecule has 1 N–H and O–H groups in total. The first-order chi connectivity index (χ1) is 8.47. The second-order valence-electron chi connectivity index (χ2n) is 4.52. The first-order valence-electron chi connectivity index (χ1n) is 5.94. The van der Waals surface area contributed by atoms with E-state index >= 15 is 0 Å². The van der Waals surface area contributed by atoms with Gasteiger partial charge in [0, 0.05) is 13.1 Å². The second-order valence-corrected chi connectivity index (χ2v) is 5.61. The molecule has 98 valence electrons. The van der Waals surface area contributed by atoms with Crippen molar-refractivity contribution in [2.45, 2.75) is 26.8 Å². The number of aliphatic hydroxyl groups excluding tert-OH is 1. The molecule has 4 heteroatoms. The minimum atomic E-state index is -0.161. The van der Waals surface area contributed by atoms with Crippen LogP contribution < -0.4 is 0 Å². The number of hydrogen-bond donors (Lipinski definition) is 1. The van der Waals surface area contributed by atoms with Gasteiger partial charge in [0.05, 0.1) is 9.75 Å². The Morgan fingerprint density at radius 1 is 1.44 bits per heavy atom. The molecular weight excluding hydrogens is 246 g/mol. The lowest BCUT2D eigenvalue weighted by Gasteiger charge is -2.27. The van der Waals surface area contributed by atoms with E-state index in [1.54, 1.807) is 11.0 Å². The van der Waals surface area contributed by atoms with Gasteiger partial charge in [-0.2, -0.15) is 0 Å². The molecule has 0 aliphatic heterocycles. The standard InChI is InChI=1S/C14H19NO2S/c1-10(2)11(3)15(4)14(17)13-8-7-12(18-13)6-5-9-16/h7-8,10-11,16H,9H2,1-4H3. The molecule has 1 unspecified atom stereocenters. The van der Waals surface area contributed by atoms with Gasteiger partial charge in [-0.3, -0.25) is 4.79 Å². The summed E-state index contributed by atoms with van der Waals surface area (Å²) < 4.78 is 0. The van der Waals surface area contributed by atoms with Crippen LogP contribution in [0.3, 0.4) is 0 Å². The molecule has 1 aromatic heterocycles. The highest BCUT2D eigenvalue weighted by atomic mass is 32.1. The minimum absolute atomic E-state index is 0.0262.